The normalized spacial score (nSPS) is 14.8. The molecule has 18 heavy (non-hydrogen) atoms. The van der Waals surface area contributed by atoms with Gasteiger partial charge in [0.15, 0.2) is 5.01 Å². The van der Waals surface area contributed by atoms with Crippen LogP contribution < -0.4 is 5.32 Å². The van der Waals surface area contributed by atoms with Gasteiger partial charge < -0.3 is 5.32 Å². The molecule has 1 aromatic heterocycles. The van der Waals surface area contributed by atoms with E-state index in [-0.39, 0.29) is 22.4 Å². The molecule has 0 fully saturated rings. The van der Waals surface area contributed by atoms with Crippen molar-refractivity contribution in [3.63, 3.8) is 0 Å². The lowest BCUT2D eigenvalue weighted by atomic mass is 10.2. The molecule has 0 amide bonds. The van der Waals surface area contributed by atoms with Crippen molar-refractivity contribution in [2.45, 2.75) is 38.4 Å². The van der Waals surface area contributed by atoms with Crippen LogP contribution in [0.15, 0.2) is 0 Å². The average molecular weight is 289 g/mol. The highest BCUT2D eigenvalue weighted by Gasteiger charge is 2.61. The van der Waals surface area contributed by atoms with Gasteiger partial charge in [0.1, 0.15) is 5.01 Å². The molecular weight excluding hydrogens is 277 g/mol. The Bertz CT molecular complexity index is 390. The first-order valence-corrected chi connectivity index (χ1v) is 6.07. The lowest BCUT2D eigenvalue weighted by Gasteiger charge is -2.16. The predicted octanol–water partition coefficient (Wildman–Crippen LogP) is 3.25. The van der Waals surface area contributed by atoms with Crippen LogP contribution in [0.3, 0.4) is 0 Å². The van der Waals surface area contributed by atoms with Crippen molar-refractivity contribution in [3.8, 4) is 0 Å². The largest absolute Gasteiger partial charge is 0.460 e. The Balaban J connectivity index is 2.99. The fourth-order valence-corrected chi connectivity index (χ4v) is 2.27. The van der Waals surface area contributed by atoms with E-state index in [1.165, 1.54) is 0 Å². The van der Waals surface area contributed by atoms with E-state index < -0.39 is 17.1 Å². The van der Waals surface area contributed by atoms with E-state index in [2.05, 4.69) is 15.5 Å². The van der Waals surface area contributed by atoms with Crippen molar-refractivity contribution < 1.29 is 22.0 Å². The summed E-state index contributed by atoms with van der Waals surface area (Å²) in [7, 11) is 0. The Morgan fingerprint density at radius 3 is 2.22 bits per heavy atom. The molecule has 1 N–H and O–H groups in total. The zero-order chi connectivity index (χ0) is 14.0. The first kappa shape index (κ1) is 15.2. The Morgan fingerprint density at radius 1 is 1.17 bits per heavy atom. The summed E-state index contributed by atoms with van der Waals surface area (Å²) >= 11 is 0.285. The Kier molecular flexibility index (Phi) is 4.60. The number of nitrogens with zero attached hydrogens (tertiary/aromatic N) is 2. The quantitative estimate of drug-likeness (QED) is 0.846. The summed E-state index contributed by atoms with van der Waals surface area (Å²) in [6.45, 7) is 4.13. The minimum absolute atomic E-state index is 0.137. The highest BCUT2D eigenvalue weighted by atomic mass is 32.1. The van der Waals surface area contributed by atoms with Crippen molar-refractivity contribution in [2.75, 3.05) is 6.54 Å². The zero-order valence-electron chi connectivity index (χ0n) is 9.68. The van der Waals surface area contributed by atoms with Crippen molar-refractivity contribution in [2.24, 2.45) is 0 Å². The lowest BCUT2D eigenvalue weighted by Crippen LogP contribution is -2.33. The van der Waals surface area contributed by atoms with Gasteiger partial charge >= 0.3 is 12.1 Å². The van der Waals surface area contributed by atoms with Gasteiger partial charge in [-0.15, -0.1) is 10.2 Å². The molecule has 0 radical (unpaired) electrons. The zero-order valence-corrected chi connectivity index (χ0v) is 10.5. The van der Waals surface area contributed by atoms with Gasteiger partial charge in [0.05, 0.1) is 6.04 Å². The predicted molar refractivity (Wildman–Crippen MR) is 56.6 cm³/mol. The maximum atomic E-state index is 13.0. The number of hydrogen-bond donors (Lipinski definition) is 1. The third-order valence-corrected chi connectivity index (χ3v) is 3.33. The van der Waals surface area contributed by atoms with Crippen LogP contribution in [-0.4, -0.2) is 22.9 Å². The molecule has 0 saturated carbocycles. The molecule has 1 rings (SSSR count). The number of alkyl halides is 5. The lowest BCUT2D eigenvalue weighted by molar-refractivity contribution is -0.289. The van der Waals surface area contributed by atoms with E-state index in [4.69, 9.17) is 0 Å². The van der Waals surface area contributed by atoms with E-state index in [0.717, 1.165) is 0 Å². The van der Waals surface area contributed by atoms with Gasteiger partial charge in [-0.3, -0.25) is 0 Å². The summed E-state index contributed by atoms with van der Waals surface area (Å²) in [5.74, 6) is -4.95. The van der Waals surface area contributed by atoms with E-state index >= 15 is 0 Å². The van der Waals surface area contributed by atoms with Crippen molar-refractivity contribution in [3.05, 3.63) is 10.0 Å². The average Bonchev–Trinajstić information content (AvgIpc) is 2.73. The van der Waals surface area contributed by atoms with E-state index in [1.54, 1.807) is 13.8 Å². The molecule has 0 saturated heterocycles. The molecule has 0 bridgehead atoms. The van der Waals surface area contributed by atoms with Crippen LogP contribution in [0.1, 0.15) is 36.3 Å². The summed E-state index contributed by atoms with van der Waals surface area (Å²) in [6.07, 6.45) is -5.12. The summed E-state index contributed by atoms with van der Waals surface area (Å²) in [6, 6.07) is -0.356. The van der Waals surface area contributed by atoms with Gasteiger partial charge in [-0.2, -0.15) is 22.0 Å². The van der Waals surface area contributed by atoms with E-state index in [0.29, 0.717) is 13.0 Å². The molecule has 104 valence electrons. The Labute approximate surface area is 104 Å². The van der Waals surface area contributed by atoms with Crippen molar-refractivity contribution >= 4 is 11.3 Å². The second-order valence-electron chi connectivity index (χ2n) is 3.54. The molecule has 0 aromatic carbocycles. The summed E-state index contributed by atoms with van der Waals surface area (Å²) < 4.78 is 62.4. The van der Waals surface area contributed by atoms with Crippen LogP contribution in [0.5, 0.6) is 0 Å². The van der Waals surface area contributed by atoms with Gasteiger partial charge in [-0.1, -0.05) is 25.2 Å². The Morgan fingerprint density at radius 2 is 1.78 bits per heavy atom. The monoisotopic (exact) mass is 289 g/mol. The molecule has 9 heteroatoms. The highest BCUT2D eigenvalue weighted by molar-refractivity contribution is 7.11. The van der Waals surface area contributed by atoms with Crippen LogP contribution in [0.4, 0.5) is 22.0 Å². The third kappa shape index (κ3) is 2.94. The first-order valence-electron chi connectivity index (χ1n) is 5.25. The number of nitrogens with one attached hydrogen (secondary N) is 1. The minimum Gasteiger partial charge on any atom is -0.308 e. The Hall–Kier alpha value is -0.830. The summed E-state index contributed by atoms with van der Waals surface area (Å²) in [5, 5.41) is 8.13. The molecule has 0 aliphatic carbocycles. The molecule has 0 aliphatic rings. The van der Waals surface area contributed by atoms with Gasteiger partial charge in [-0.05, 0) is 13.0 Å². The van der Waals surface area contributed by atoms with Gasteiger partial charge in [0, 0.05) is 0 Å². The molecule has 1 aromatic rings. The fraction of sp³-hybridized carbons (Fsp3) is 0.778. The van der Waals surface area contributed by atoms with Crippen LogP contribution >= 0.6 is 11.3 Å². The molecule has 3 nitrogen and oxygen atoms in total. The fourth-order valence-electron chi connectivity index (χ4n) is 1.28. The van der Waals surface area contributed by atoms with Crippen molar-refractivity contribution in [1.29, 1.82) is 0 Å². The van der Waals surface area contributed by atoms with Crippen molar-refractivity contribution in [1.82, 2.24) is 15.5 Å². The van der Waals surface area contributed by atoms with Crippen LogP contribution in [0.25, 0.3) is 0 Å². The van der Waals surface area contributed by atoms with Crippen LogP contribution in [0, 0.1) is 0 Å². The van der Waals surface area contributed by atoms with Crippen LogP contribution in [0.2, 0.25) is 0 Å². The third-order valence-electron chi connectivity index (χ3n) is 2.22. The number of halogens is 5. The van der Waals surface area contributed by atoms with E-state index in [9.17, 15) is 22.0 Å². The molecular formula is C9H12F5N3S. The van der Waals surface area contributed by atoms with Gasteiger partial charge in [0.25, 0.3) is 0 Å². The second-order valence-corrected chi connectivity index (χ2v) is 4.55. The summed E-state index contributed by atoms with van der Waals surface area (Å²) in [4.78, 5) is 0. The number of aromatic nitrogens is 2. The number of rotatable bonds is 5. The van der Waals surface area contributed by atoms with E-state index in [1.807, 2.05) is 0 Å². The summed E-state index contributed by atoms with van der Waals surface area (Å²) in [5.41, 5.74) is 0. The van der Waals surface area contributed by atoms with Gasteiger partial charge in [-0.25, -0.2) is 0 Å². The minimum atomic E-state index is -5.65. The topological polar surface area (TPSA) is 37.8 Å². The maximum Gasteiger partial charge on any atom is 0.460 e. The SMILES string of the molecule is CCNC(CC)c1nnc(C(F)(F)C(F)(F)F)s1. The molecule has 1 atom stereocenters. The molecule has 0 aliphatic heterocycles. The smallest absolute Gasteiger partial charge is 0.308 e. The first-order chi connectivity index (χ1) is 8.24. The highest BCUT2D eigenvalue weighted by Crippen LogP contribution is 2.45. The van der Waals surface area contributed by atoms with Crippen LogP contribution in [-0.2, 0) is 5.92 Å². The van der Waals surface area contributed by atoms with Gasteiger partial charge in [0.2, 0.25) is 0 Å². The number of hydrogen-bond acceptors (Lipinski definition) is 4. The molecule has 1 heterocycles. The maximum absolute atomic E-state index is 13.0. The molecule has 1 unspecified atom stereocenters. The molecule has 0 spiro atoms. The standard InChI is InChI=1S/C9H12F5N3S/c1-3-5(15-4-2)6-16-17-7(18-6)8(10,11)9(12,13)14/h5,15H,3-4H2,1-2H3. The second kappa shape index (κ2) is 5.43.